The van der Waals surface area contributed by atoms with Crippen molar-refractivity contribution in [1.29, 1.82) is 0 Å². The minimum absolute atomic E-state index is 0.298. The molecule has 2 N–H and O–H groups in total. The zero-order chi connectivity index (χ0) is 14.0. The summed E-state index contributed by atoms with van der Waals surface area (Å²) in [6.07, 6.45) is 1.03. The molecule has 2 rings (SSSR count). The first kappa shape index (κ1) is 14.4. The van der Waals surface area contributed by atoms with Crippen LogP contribution in [0.5, 0.6) is 11.5 Å². The number of ether oxygens (including phenoxy) is 2. The fraction of sp³-hybridized carbons (Fsp3) is 0.571. The summed E-state index contributed by atoms with van der Waals surface area (Å²) in [5, 5.41) is 0.534. The van der Waals surface area contributed by atoms with Crippen LogP contribution >= 0.6 is 11.6 Å². The fourth-order valence-electron chi connectivity index (χ4n) is 2.82. The largest absolute Gasteiger partial charge is 0.495 e. The lowest BCUT2D eigenvalue weighted by Gasteiger charge is -2.23. The Labute approximate surface area is 119 Å². The van der Waals surface area contributed by atoms with Crippen molar-refractivity contribution in [3.63, 3.8) is 0 Å². The van der Waals surface area contributed by atoms with Crippen molar-refractivity contribution < 1.29 is 9.47 Å². The van der Waals surface area contributed by atoms with Gasteiger partial charge in [-0.1, -0.05) is 11.6 Å². The van der Waals surface area contributed by atoms with E-state index in [1.54, 1.807) is 14.2 Å². The third kappa shape index (κ3) is 2.66. The average Bonchev–Trinajstić information content (AvgIpc) is 2.79. The number of rotatable bonds is 4. The molecule has 2 atom stereocenters. The van der Waals surface area contributed by atoms with Gasteiger partial charge in [-0.05, 0) is 38.1 Å². The molecule has 0 bridgehead atoms. The first-order chi connectivity index (χ1) is 9.12. The van der Waals surface area contributed by atoms with E-state index in [0.717, 1.165) is 18.5 Å². The fourth-order valence-corrected chi connectivity index (χ4v) is 3.15. The first-order valence-corrected chi connectivity index (χ1v) is 6.80. The van der Waals surface area contributed by atoms with Gasteiger partial charge in [0.1, 0.15) is 16.5 Å². The zero-order valence-corrected chi connectivity index (χ0v) is 12.4. The van der Waals surface area contributed by atoms with Crippen molar-refractivity contribution in [2.45, 2.75) is 12.5 Å². The van der Waals surface area contributed by atoms with Gasteiger partial charge < -0.3 is 15.2 Å². The van der Waals surface area contributed by atoms with Crippen molar-refractivity contribution in [2.75, 3.05) is 34.4 Å². The number of halogens is 1. The predicted molar refractivity (Wildman–Crippen MR) is 77.1 cm³/mol. The van der Waals surface area contributed by atoms with Crippen LogP contribution < -0.4 is 15.2 Å². The smallest absolute Gasteiger partial charge is 0.146 e. The normalized spacial score (nSPS) is 23.6. The van der Waals surface area contributed by atoms with E-state index in [1.165, 1.54) is 0 Å². The molecule has 0 radical (unpaired) electrons. The molecule has 2 unspecified atom stereocenters. The average molecular weight is 285 g/mol. The van der Waals surface area contributed by atoms with Gasteiger partial charge in [0.25, 0.3) is 0 Å². The molecule has 0 spiro atoms. The quantitative estimate of drug-likeness (QED) is 0.922. The third-order valence-corrected chi connectivity index (χ3v) is 4.20. The van der Waals surface area contributed by atoms with Gasteiger partial charge in [0, 0.05) is 18.2 Å². The molecule has 1 aromatic carbocycles. The van der Waals surface area contributed by atoms with Crippen molar-refractivity contribution in [1.82, 2.24) is 4.90 Å². The first-order valence-electron chi connectivity index (χ1n) is 6.43. The molecule has 0 aromatic heterocycles. The van der Waals surface area contributed by atoms with Gasteiger partial charge in [0.2, 0.25) is 0 Å². The summed E-state index contributed by atoms with van der Waals surface area (Å²) in [6.45, 7) is 1.72. The Morgan fingerprint density at radius 2 is 2.11 bits per heavy atom. The lowest BCUT2D eigenvalue weighted by molar-refractivity contribution is 0.302. The topological polar surface area (TPSA) is 47.7 Å². The van der Waals surface area contributed by atoms with Crippen molar-refractivity contribution in [3.05, 3.63) is 22.7 Å². The minimum atomic E-state index is 0.298. The van der Waals surface area contributed by atoms with Crippen LogP contribution in [0, 0.1) is 5.92 Å². The molecule has 1 heterocycles. The second-order valence-corrected chi connectivity index (χ2v) is 5.38. The van der Waals surface area contributed by atoms with Gasteiger partial charge in [0.05, 0.1) is 14.2 Å². The van der Waals surface area contributed by atoms with Gasteiger partial charge in [-0.15, -0.1) is 0 Å². The maximum Gasteiger partial charge on any atom is 0.146 e. The minimum Gasteiger partial charge on any atom is -0.495 e. The summed E-state index contributed by atoms with van der Waals surface area (Å²) in [5.41, 5.74) is 6.88. The Balaban J connectivity index is 2.37. The van der Waals surface area contributed by atoms with Crippen LogP contribution in [0.3, 0.4) is 0 Å². The molecule has 106 valence electrons. The van der Waals surface area contributed by atoms with Crippen LogP contribution in [-0.4, -0.2) is 39.3 Å². The van der Waals surface area contributed by atoms with Gasteiger partial charge >= 0.3 is 0 Å². The Morgan fingerprint density at radius 1 is 1.37 bits per heavy atom. The lowest BCUT2D eigenvalue weighted by atomic mass is 9.99. The zero-order valence-electron chi connectivity index (χ0n) is 11.6. The number of likely N-dealkylation sites (tertiary alicyclic amines) is 1. The molecule has 1 aliphatic rings. The second kappa shape index (κ2) is 5.99. The summed E-state index contributed by atoms with van der Waals surface area (Å²) in [4.78, 5) is 2.30. The van der Waals surface area contributed by atoms with E-state index in [2.05, 4.69) is 11.9 Å². The summed E-state index contributed by atoms with van der Waals surface area (Å²) < 4.78 is 10.7. The highest BCUT2D eigenvalue weighted by Crippen LogP contribution is 2.44. The summed E-state index contributed by atoms with van der Waals surface area (Å²) in [6, 6.07) is 4.22. The standard InChI is InChI=1S/C14H21ClN2O2/c1-17-8-9(7-16)6-11(17)10-4-5-12(18-2)13(15)14(10)19-3/h4-5,9,11H,6-8,16H2,1-3H3. The summed E-state index contributed by atoms with van der Waals surface area (Å²) in [7, 11) is 5.35. The maximum atomic E-state index is 6.32. The Bertz CT molecular complexity index is 453. The molecule has 0 amide bonds. The van der Waals surface area contributed by atoms with Crippen LogP contribution in [0.2, 0.25) is 5.02 Å². The predicted octanol–water partition coefficient (Wildman–Crippen LogP) is 2.31. The van der Waals surface area contributed by atoms with Gasteiger partial charge in [-0.25, -0.2) is 0 Å². The lowest BCUT2D eigenvalue weighted by Crippen LogP contribution is -2.20. The maximum absolute atomic E-state index is 6.32. The molecular formula is C14H21ClN2O2. The van der Waals surface area contributed by atoms with Gasteiger partial charge in [-0.3, -0.25) is 4.90 Å². The molecule has 19 heavy (non-hydrogen) atoms. The van der Waals surface area contributed by atoms with Gasteiger partial charge in [-0.2, -0.15) is 0 Å². The van der Waals surface area contributed by atoms with E-state index in [0.29, 0.717) is 35.0 Å². The summed E-state index contributed by atoms with van der Waals surface area (Å²) in [5.74, 6) is 1.87. The number of methoxy groups -OCH3 is 2. The van der Waals surface area contributed by atoms with Crippen LogP contribution in [-0.2, 0) is 0 Å². The van der Waals surface area contributed by atoms with Crippen molar-refractivity contribution in [2.24, 2.45) is 11.7 Å². The molecule has 0 aliphatic carbocycles. The highest BCUT2D eigenvalue weighted by molar-refractivity contribution is 6.33. The number of nitrogens with two attached hydrogens (primary N) is 1. The second-order valence-electron chi connectivity index (χ2n) is 5.00. The van der Waals surface area contributed by atoms with E-state index < -0.39 is 0 Å². The Morgan fingerprint density at radius 3 is 2.63 bits per heavy atom. The van der Waals surface area contributed by atoms with Crippen LogP contribution in [0.1, 0.15) is 18.0 Å². The van der Waals surface area contributed by atoms with E-state index >= 15 is 0 Å². The molecule has 1 saturated heterocycles. The van der Waals surface area contributed by atoms with E-state index in [-0.39, 0.29) is 0 Å². The SMILES string of the molecule is COc1ccc(C2CC(CN)CN2C)c(OC)c1Cl. The molecule has 1 aliphatic heterocycles. The highest BCUT2D eigenvalue weighted by Gasteiger charge is 2.32. The van der Waals surface area contributed by atoms with Gasteiger partial charge in [0.15, 0.2) is 0 Å². The van der Waals surface area contributed by atoms with E-state index in [9.17, 15) is 0 Å². The number of hydrogen-bond donors (Lipinski definition) is 1. The number of hydrogen-bond acceptors (Lipinski definition) is 4. The van der Waals surface area contributed by atoms with E-state index in [1.807, 2.05) is 12.1 Å². The number of benzene rings is 1. The Kier molecular flexibility index (Phi) is 4.55. The molecule has 1 fully saturated rings. The molecule has 5 heteroatoms. The van der Waals surface area contributed by atoms with Crippen LogP contribution in [0.15, 0.2) is 12.1 Å². The highest BCUT2D eigenvalue weighted by atomic mass is 35.5. The van der Waals surface area contributed by atoms with Crippen molar-refractivity contribution >= 4 is 11.6 Å². The monoisotopic (exact) mass is 284 g/mol. The van der Waals surface area contributed by atoms with E-state index in [4.69, 9.17) is 26.8 Å². The molecular weight excluding hydrogens is 264 g/mol. The number of nitrogens with zero attached hydrogens (tertiary/aromatic N) is 1. The van der Waals surface area contributed by atoms with Crippen LogP contribution in [0.4, 0.5) is 0 Å². The van der Waals surface area contributed by atoms with Crippen molar-refractivity contribution in [3.8, 4) is 11.5 Å². The Hall–Kier alpha value is -0.970. The van der Waals surface area contributed by atoms with Crippen LogP contribution in [0.25, 0.3) is 0 Å². The molecule has 1 aromatic rings. The third-order valence-electron chi connectivity index (χ3n) is 3.84. The molecule has 4 nitrogen and oxygen atoms in total. The summed E-state index contributed by atoms with van der Waals surface area (Å²) >= 11 is 6.32. The molecule has 0 saturated carbocycles.